The summed E-state index contributed by atoms with van der Waals surface area (Å²) in [5.41, 5.74) is 1.96. The molecular weight excluding hydrogens is 352 g/mol. The van der Waals surface area contributed by atoms with Crippen LogP contribution in [0, 0.1) is 0 Å². The molecule has 0 fully saturated rings. The molecule has 2 aromatic rings. The van der Waals surface area contributed by atoms with Crippen molar-refractivity contribution in [3.63, 3.8) is 0 Å². The van der Waals surface area contributed by atoms with Gasteiger partial charge in [-0.05, 0) is 27.6 Å². The predicted octanol–water partition coefficient (Wildman–Crippen LogP) is 4.87. The highest BCUT2D eigenvalue weighted by Gasteiger charge is 2.30. The Morgan fingerprint density at radius 2 is 1.95 bits per heavy atom. The summed E-state index contributed by atoms with van der Waals surface area (Å²) in [6.07, 6.45) is 0.603. The van der Waals surface area contributed by atoms with Crippen LogP contribution in [0.5, 0.6) is 5.75 Å². The molecule has 1 aromatic carbocycles. The number of ether oxygens (including phenoxy) is 1. The van der Waals surface area contributed by atoms with Gasteiger partial charge in [0, 0.05) is 11.8 Å². The van der Waals surface area contributed by atoms with Crippen LogP contribution in [-0.2, 0) is 11.8 Å². The normalized spacial score (nSPS) is 17.5. The summed E-state index contributed by atoms with van der Waals surface area (Å²) in [7, 11) is 0. The summed E-state index contributed by atoms with van der Waals surface area (Å²) in [6, 6.07) is 8.03. The topological polar surface area (TPSA) is 35.0 Å². The van der Waals surface area contributed by atoms with Crippen molar-refractivity contribution in [2.24, 2.45) is 0 Å². The van der Waals surface area contributed by atoms with Gasteiger partial charge in [-0.1, -0.05) is 50.6 Å². The van der Waals surface area contributed by atoms with Gasteiger partial charge in [0.25, 0.3) is 0 Å². The molecule has 0 spiro atoms. The van der Waals surface area contributed by atoms with Crippen molar-refractivity contribution in [1.29, 1.82) is 0 Å². The average molecular weight is 368 g/mol. The Kier molecular flexibility index (Phi) is 3.70. The van der Waals surface area contributed by atoms with Crippen LogP contribution >= 0.6 is 27.5 Å². The van der Waals surface area contributed by atoms with Gasteiger partial charge in [0.2, 0.25) is 0 Å². The molecular formula is C16H16BrClN2O. The Morgan fingerprint density at radius 1 is 1.24 bits per heavy atom. The van der Waals surface area contributed by atoms with Crippen LogP contribution in [-0.4, -0.2) is 9.97 Å². The maximum atomic E-state index is 6.26. The van der Waals surface area contributed by atoms with Gasteiger partial charge in [-0.15, -0.1) is 0 Å². The number of halogens is 2. The quantitative estimate of drug-likeness (QED) is 0.675. The first kappa shape index (κ1) is 14.8. The van der Waals surface area contributed by atoms with E-state index in [0.29, 0.717) is 11.0 Å². The van der Waals surface area contributed by atoms with Crippen molar-refractivity contribution < 1.29 is 4.74 Å². The maximum absolute atomic E-state index is 6.26. The monoisotopic (exact) mass is 366 g/mol. The van der Waals surface area contributed by atoms with Crippen LogP contribution in [0.25, 0.3) is 0 Å². The van der Waals surface area contributed by atoms with Crippen molar-refractivity contribution in [3.05, 3.63) is 51.0 Å². The molecule has 110 valence electrons. The third-order valence-electron chi connectivity index (χ3n) is 3.47. The highest BCUT2D eigenvalue weighted by molar-refractivity contribution is 9.10. The summed E-state index contributed by atoms with van der Waals surface area (Å²) in [6.45, 7) is 6.30. The minimum Gasteiger partial charge on any atom is -0.482 e. The maximum Gasteiger partial charge on any atom is 0.171 e. The molecule has 0 bridgehead atoms. The number of fused-ring (bicyclic) bond motifs is 1. The molecule has 0 radical (unpaired) electrons. The van der Waals surface area contributed by atoms with E-state index in [-0.39, 0.29) is 11.5 Å². The molecule has 0 saturated carbocycles. The van der Waals surface area contributed by atoms with Gasteiger partial charge in [-0.3, -0.25) is 0 Å². The van der Waals surface area contributed by atoms with Crippen molar-refractivity contribution in [3.8, 4) is 5.75 Å². The fraction of sp³-hybridized carbons (Fsp3) is 0.375. The van der Waals surface area contributed by atoms with Gasteiger partial charge < -0.3 is 4.74 Å². The number of para-hydroxylation sites is 1. The molecule has 0 aliphatic carbocycles. The number of nitrogens with zero attached hydrogens (tertiary/aromatic N) is 2. The lowest BCUT2D eigenvalue weighted by Crippen LogP contribution is -2.19. The van der Waals surface area contributed by atoms with Crippen LogP contribution in [0.3, 0.4) is 0 Å². The molecule has 1 aromatic heterocycles. The second kappa shape index (κ2) is 5.25. The minimum absolute atomic E-state index is 0.119. The van der Waals surface area contributed by atoms with E-state index >= 15 is 0 Å². The van der Waals surface area contributed by atoms with Crippen molar-refractivity contribution in [2.75, 3.05) is 0 Å². The lowest BCUT2D eigenvalue weighted by atomic mass is 9.92. The van der Waals surface area contributed by atoms with Crippen LogP contribution in [0.2, 0.25) is 5.15 Å². The molecule has 1 aliphatic heterocycles. The number of hydrogen-bond acceptors (Lipinski definition) is 3. The summed E-state index contributed by atoms with van der Waals surface area (Å²) in [5.74, 6) is 1.55. The Balaban J connectivity index is 2.00. The van der Waals surface area contributed by atoms with Gasteiger partial charge >= 0.3 is 0 Å². The van der Waals surface area contributed by atoms with Gasteiger partial charge in [0.1, 0.15) is 10.9 Å². The first-order chi connectivity index (χ1) is 9.86. The fourth-order valence-electron chi connectivity index (χ4n) is 2.40. The molecule has 5 heteroatoms. The van der Waals surface area contributed by atoms with E-state index in [1.54, 1.807) is 0 Å². The Labute approximate surface area is 137 Å². The first-order valence-corrected chi connectivity index (χ1v) is 8.01. The van der Waals surface area contributed by atoms with E-state index in [9.17, 15) is 0 Å². The summed E-state index contributed by atoms with van der Waals surface area (Å²) < 4.78 is 6.72. The molecule has 1 atom stereocenters. The van der Waals surface area contributed by atoms with E-state index in [4.69, 9.17) is 21.3 Å². The zero-order valence-corrected chi connectivity index (χ0v) is 14.5. The van der Waals surface area contributed by atoms with Gasteiger partial charge in [-0.25, -0.2) is 9.97 Å². The standard InChI is InChI=1S/C16H16BrClN2O/c1-16(2,3)13-12(17)14(18)20-15(19-13)11-8-9-6-4-5-7-10(9)21-11/h4-7,11H,8H2,1-3H3. The van der Waals surface area contributed by atoms with Crippen molar-refractivity contribution in [2.45, 2.75) is 38.7 Å². The molecule has 2 heterocycles. The number of aromatic nitrogens is 2. The highest BCUT2D eigenvalue weighted by Crippen LogP contribution is 2.38. The first-order valence-electron chi connectivity index (χ1n) is 6.84. The third-order valence-corrected chi connectivity index (χ3v) is 4.73. The second-order valence-electron chi connectivity index (χ2n) is 6.20. The lowest BCUT2D eigenvalue weighted by molar-refractivity contribution is 0.226. The molecule has 3 nitrogen and oxygen atoms in total. The van der Waals surface area contributed by atoms with E-state index < -0.39 is 0 Å². The summed E-state index contributed by atoms with van der Waals surface area (Å²) in [4.78, 5) is 9.10. The van der Waals surface area contributed by atoms with Crippen molar-refractivity contribution in [1.82, 2.24) is 9.97 Å². The van der Waals surface area contributed by atoms with Gasteiger partial charge in [0.05, 0.1) is 10.2 Å². The smallest absolute Gasteiger partial charge is 0.171 e. The fourth-order valence-corrected chi connectivity index (χ4v) is 3.35. The average Bonchev–Trinajstić information content (AvgIpc) is 2.84. The van der Waals surface area contributed by atoms with E-state index in [1.165, 1.54) is 5.56 Å². The highest BCUT2D eigenvalue weighted by atomic mass is 79.9. The molecule has 0 N–H and O–H groups in total. The van der Waals surface area contributed by atoms with E-state index in [2.05, 4.69) is 47.8 Å². The number of benzene rings is 1. The summed E-state index contributed by atoms with van der Waals surface area (Å²) in [5, 5.41) is 0.435. The van der Waals surface area contributed by atoms with Crippen LogP contribution in [0.4, 0.5) is 0 Å². The van der Waals surface area contributed by atoms with E-state index in [0.717, 1.165) is 22.3 Å². The van der Waals surface area contributed by atoms with Crippen molar-refractivity contribution >= 4 is 27.5 Å². The summed E-state index contributed by atoms with van der Waals surface area (Å²) >= 11 is 9.75. The molecule has 0 amide bonds. The van der Waals surface area contributed by atoms with Gasteiger partial charge in [-0.2, -0.15) is 0 Å². The third kappa shape index (κ3) is 2.79. The van der Waals surface area contributed by atoms with Gasteiger partial charge in [0.15, 0.2) is 11.9 Å². The SMILES string of the molecule is CC(C)(C)c1nc(C2Cc3ccccc3O2)nc(Cl)c1Br. The molecule has 3 rings (SSSR count). The van der Waals surface area contributed by atoms with Crippen LogP contribution < -0.4 is 4.74 Å². The Hall–Kier alpha value is -1.13. The molecule has 0 saturated heterocycles. The van der Waals surface area contributed by atoms with E-state index in [1.807, 2.05) is 18.2 Å². The van der Waals surface area contributed by atoms with Crippen LogP contribution in [0.1, 0.15) is 44.0 Å². The zero-order chi connectivity index (χ0) is 15.2. The molecule has 21 heavy (non-hydrogen) atoms. The van der Waals surface area contributed by atoms with Crippen LogP contribution in [0.15, 0.2) is 28.7 Å². The minimum atomic E-state index is -0.172. The second-order valence-corrected chi connectivity index (χ2v) is 7.35. The number of hydrogen-bond donors (Lipinski definition) is 0. The molecule has 1 unspecified atom stereocenters. The zero-order valence-electron chi connectivity index (χ0n) is 12.2. The largest absolute Gasteiger partial charge is 0.482 e. The Bertz CT molecular complexity index is 672. The Morgan fingerprint density at radius 3 is 2.62 bits per heavy atom. The predicted molar refractivity (Wildman–Crippen MR) is 87.0 cm³/mol. The number of rotatable bonds is 1. The lowest BCUT2D eigenvalue weighted by Gasteiger charge is -2.21. The molecule has 1 aliphatic rings.